The van der Waals surface area contributed by atoms with E-state index in [1.807, 2.05) is 32.9 Å². The summed E-state index contributed by atoms with van der Waals surface area (Å²) in [5.74, 6) is 0.320. The standard InChI is InChI=1S/C19H20FN3O2.C2H5N.C2H4O.CH5N/c1-4-14(5-8-18-21-10-12(2)22-18)16-7-6-15(9-17(16)20)23-11-13(3)25-19(23)24;1-3-2;1-2-3;1-2/h4-10,13H,11H2,1-3H3,(H,21,22);1H2,2H3;2H,1H3;2H2,1H3/b8-5-,14-4+;;;. The molecule has 1 unspecified atom stereocenters. The number of benzene rings is 1. The molecule has 1 aromatic heterocycles. The Balaban J connectivity index is 0.00000113. The van der Waals surface area contributed by atoms with Gasteiger partial charge in [0.15, 0.2) is 0 Å². The second-order valence-corrected chi connectivity index (χ2v) is 6.55. The van der Waals surface area contributed by atoms with E-state index in [9.17, 15) is 9.18 Å². The summed E-state index contributed by atoms with van der Waals surface area (Å²) in [4.78, 5) is 32.6. The minimum atomic E-state index is -0.445. The Bertz CT molecular complexity index is 947. The fourth-order valence-electron chi connectivity index (χ4n) is 2.75. The van der Waals surface area contributed by atoms with Crippen LogP contribution in [0.1, 0.15) is 37.9 Å². The number of amides is 1. The Morgan fingerprint density at radius 3 is 2.42 bits per heavy atom. The number of rotatable bonds is 4. The fourth-order valence-corrected chi connectivity index (χ4v) is 2.75. The molecule has 1 aromatic carbocycles. The lowest BCUT2D eigenvalue weighted by molar-refractivity contribution is -0.106. The van der Waals surface area contributed by atoms with Crippen LogP contribution in [0.4, 0.5) is 14.9 Å². The van der Waals surface area contributed by atoms with E-state index in [0.717, 1.165) is 17.6 Å². The van der Waals surface area contributed by atoms with E-state index < -0.39 is 11.9 Å². The highest BCUT2D eigenvalue weighted by molar-refractivity contribution is 5.90. The second-order valence-electron chi connectivity index (χ2n) is 6.55. The number of imidazole rings is 1. The van der Waals surface area contributed by atoms with Gasteiger partial charge in [-0.3, -0.25) is 4.90 Å². The van der Waals surface area contributed by atoms with Crippen LogP contribution in [0.3, 0.4) is 0 Å². The van der Waals surface area contributed by atoms with Crippen LogP contribution in [0.25, 0.3) is 11.6 Å². The van der Waals surface area contributed by atoms with Crippen molar-refractivity contribution >= 4 is 36.4 Å². The number of nitrogens with zero attached hydrogens (tertiary/aromatic N) is 3. The van der Waals surface area contributed by atoms with Crippen molar-refractivity contribution in [2.24, 2.45) is 10.7 Å². The quantitative estimate of drug-likeness (QED) is 0.399. The van der Waals surface area contributed by atoms with Crippen LogP contribution in [0.2, 0.25) is 0 Å². The maximum Gasteiger partial charge on any atom is 0.414 e. The van der Waals surface area contributed by atoms with Crippen LogP contribution in [-0.2, 0) is 9.53 Å². The van der Waals surface area contributed by atoms with E-state index in [2.05, 4.69) is 27.4 Å². The topological polar surface area (TPSA) is 114 Å². The molecule has 9 heteroatoms. The summed E-state index contributed by atoms with van der Waals surface area (Å²) in [5.41, 5.74) is 7.16. The number of allylic oxidation sites excluding steroid dienone is 3. The molecule has 2 heterocycles. The zero-order chi connectivity index (χ0) is 25.4. The first-order valence-corrected chi connectivity index (χ1v) is 10.3. The molecule has 1 amide bonds. The molecule has 33 heavy (non-hydrogen) atoms. The van der Waals surface area contributed by atoms with Crippen molar-refractivity contribution < 1.29 is 18.7 Å². The number of cyclic esters (lactones) is 1. The van der Waals surface area contributed by atoms with Gasteiger partial charge in [-0.2, -0.15) is 0 Å². The predicted molar refractivity (Wildman–Crippen MR) is 133 cm³/mol. The molecule has 0 bridgehead atoms. The molecule has 180 valence electrons. The highest BCUT2D eigenvalue weighted by atomic mass is 19.1. The molecule has 2 aromatic rings. The predicted octanol–water partition coefficient (Wildman–Crippen LogP) is 4.42. The maximum atomic E-state index is 14.6. The van der Waals surface area contributed by atoms with E-state index in [1.165, 1.54) is 24.9 Å². The van der Waals surface area contributed by atoms with E-state index in [4.69, 9.17) is 9.53 Å². The summed E-state index contributed by atoms with van der Waals surface area (Å²) in [7, 11) is 3.14. The number of hydrogen-bond acceptors (Lipinski definition) is 6. The highest BCUT2D eigenvalue weighted by Crippen LogP contribution is 2.27. The number of aromatic amines is 1. The number of hydrogen-bond donors (Lipinski definition) is 2. The number of ether oxygens (including phenoxy) is 1. The largest absolute Gasteiger partial charge is 0.444 e. The van der Waals surface area contributed by atoms with Crippen molar-refractivity contribution in [1.82, 2.24) is 9.97 Å². The van der Waals surface area contributed by atoms with E-state index in [0.29, 0.717) is 23.6 Å². The van der Waals surface area contributed by atoms with Gasteiger partial charge in [0.1, 0.15) is 24.0 Å². The van der Waals surface area contributed by atoms with Crippen LogP contribution in [0, 0.1) is 12.7 Å². The Hall–Kier alpha value is -3.59. The van der Waals surface area contributed by atoms with E-state index >= 15 is 0 Å². The molecule has 1 saturated heterocycles. The normalized spacial score (nSPS) is 14.8. The molecule has 0 aliphatic carbocycles. The summed E-state index contributed by atoms with van der Waals surface area (Å²) in [6.45, 7) is 10.6. The molecule has 1 aliphatic heterocycles. The SMILES string of the molecule is C/C=C(\C=C/c1ncc(C)[nH]1)c1ccc(N2CC(C)OC2=O)cc1F.C=NC.CC=O.CN. The number of aryl methyl sites for hydroxylation is 1. The molecule has 0 radical (unpaired) electrons. The van der Waals surface area contributed by atoms with Gasteiger partial charge in [-0.05, 0) is 71.3 Å². The third-order valence-corrected chi connectivity index (χ3v) is 3.99. The third kappa shape index (κ3) is 9.61. The van der Waals surface area contributed by atoms with Crippen molar-refractivity contribution in [3.63, 3.8) is 0 Å². The Labute approximate surface area is 195 Å². The van der Waals surface area contributed by atoms with Gasteiger partial charge >= 0.3 is 6.09 Å². The van der Waals surface area contributed by atoms with Gasteiger partial charge in [0.05, 0.1) is 12.2 Å². The average molecular weight is 460 g/mol. The van der Waals surface area contributed by atoms with Gasteiger partial charge < -0.3 is 25.2 Å². The van der Waals surface area contributed by atoms with Crippen molar-refractivity contribution in [2.75, 3.05) is 25.5 Å². The molecular weight excluding hydrogens is 425 g/mol. The number of nitrogens with two attached hydrogens (primary N) is 1. The van der Waals surface area contributed by atoms with Crippen LogP contribution in [0.5, 0.6) is 0 Å². The molecule has 1 aliphatic rings. The molecule has 1 fully saturated rings. The monoisotopic (exact) mass is 459 g/mol. The molecule has 0 spiro atoms. The summed E-state index contributed by atoms with van der Waals surface area (Å²) < 4.78 is 19.7. The number of aldehydes is 1. The lowest BCUT2D eigenvalue weighted by Crippen LogP contribution is -2.24. The van der Waals surface area contributed by atoms with Gasteiger partial charge in [0.2, 0.25) is 0 Å². The average Bonchev–Trinajstić information content (AvgIpc) is 3.36. The number of carbonyl (C=O) groups is 2. The van der Waals surface area contributed by atoms with Gasteiger partial charge in [0, 0.05) is 24.5 Å². The molecule has 0 saturated carbocycles. The Morgan fingerprint density at radius 2 is 2.00 bits per heavy atom. The van der Waals surface area contributed by atoms with Crippen LogP contribution in [-0.4, -0.2) is 55.8 Å². The fraction of sp³-hybridized carbons (Fsp3) is 0.333. The zero-order valence-electron chi connectivity index (χ0n) is 20.1. The van der Waals surface area contributed by atoms with Gasteiger partial charge in [0.25, 0.3) is 0 Å². The number of nitrogens with one attached hydrogen (secondary N) is 1. The first kappa shape index (κ1) is 29.4. The first-order chi connectivity index (χ1) is 15.8. The van der Waals surface area contributed by atoms with E-state index in [-0.39, 0.29) is 6.10 Å². The van der Waals surface area contributed by atoms with Crippen LogP contribution >= 0.6 is 0 Å². The minimum absolute atomic E-state index is 0.193. The molecule has 3 rings (SSSR count). The van der Waals surface area contributed by atoms with Crippen LogP contribution in [0.15, 0.2) is 41.5 Å². The number of H-pyrrole nitrogens is 1. The highest BCUT2D eigenvalue weighted by Gasteiger charge is 2.29. The number of aromatic nitrogens is 2. The van der Waals surface area contributed by atoms with E-state index in [1.54, 1.807) is 31.5 Å². The van der Waals surface area contributed by atoms with Gasteiger partial charge in [-0.15, -0.1) is 0 Å². The number of anilines is 1. The summed E-state index contributed by atoms with van der Waals surface area (Å²) in [6.07, 6.45) is 7.29. The smallest absolute Gasteiger partial charge is 0.414 e. The number of carbonyl (C=O) groups excluding carboxylic acids is 2. The summed E-state index contributed by atoms with van der Waals surface area (Å²) in [5, 5.41) is 0. The van der Waals surface area contributed by atoms with Crippen molar-refractivity contribution in [3.05, 3.63) is 59.4 Å². The maximum absolute atomic E-state index is 14.6. The molecule has 8 nitrogen and oxygen atoms in total. The van der Waals surface area contributed by atoms with Crippen LogP contribution < -0.4 is 10.6 Å². The molecular formula is C24H34FN5O3. The molecule has 3 N–H and O–H groups in total. The summed E-state index contributed by atoms with van der Waals surface area (Å²) in [6, 6.07) is 4.77. The second kappa shape index (κ2) is 16.1. The lowest BCUT2D eigenvalue weighted by atomic mass is 10.0. The van der Waals surface area contributed by atoms with Crippen molar-refractivity contribution in [2.45, 2.75) is 33.8 Å². The lowest BCUT2D eigenvalue weighted by Gasteiger charge is -2.14. The molecule has 1 atom stereocenters. The zero-order valence-corrected chi connectivity index (χ0v) is 20.1. The van der Waals surface area contributed by atoms with Crippen molar-refractivity contribution in [1.29, 1.82) is 0 Å². The Kier molecular flexibility index (Phi) is 14.3. The first-order valence-electron chi connectivity index (χ1n) is 10.3. The number of halogens is 1. The third-order valence-electron chi connectivity index (χ3n) is 3.99. The van der Waals surface area contributed by atoms with Gasteiger partial charge in [-0.25, -0.2) is 14.2 Å². The van der Waals surface area contributed by atoms with Crippen molar-refractivity contribution in [3.8, 4) is 0 Å². The van der Waals surface area contributed by atoms with Gasteiger partial charge in [-0.1, -0.05) is 12.2 Å². The Morgan fingerprint density at radius 1 is 1.39 bits per heavy atom. The number of aliphatic imine (C=N–C) groups is 1. The minimum Gasteiger partial charge on any atom is -0.444 e. The summed E-state index contributed by atoms with van der Waals surface area (Å²) >= 11 is 0.